The van der Waals surface area contributed by atoms with Crippen molar-refractivity contribution in [2.24, 2.45) is 0 Å². The topological polar surface area (TPSA) is 129 Å². The van der Waals surface area contributed by atoms with Gasteiger partial charge in [-0.2, -0.15) is 0 Å². The normalized spacial score (nSPS) is 18.1. The summed E-state index contributed by atoms with van der Waals surface area (Å²) in [4.78, 5) is 67.2. The Morgan fingerprint density at radius 3 is 1.34 bits per heavy atom. The van der Waals surface area contributed by atoms with Crippen LogP contribution in [0.1, 0.15) is 41.5 Å². The van der Waals surface area contributed by atoms with Gasteiger partial charge in [0, 0.05) is 52.4 Å². The van der Waals surface area contributed by atoms with Crippen molar-refractivity contribution in [3.8, 4) is 0 Å². The second-order valence-electron chi connectivity index (χ2n) is 11.4. The van der Waals surface area contributed by atoms with Crippen molar-refractivity contribution in [1.82, 2.24) is 24.9 Å². The van der Waals surface area contributed by atoms with Crippen LogP contribution < -0.4 is 5.32 Å². The maximum Gasteiger partial charge on any atom is 0.320 e. The molecule has 1 N–H and O–H groups in total. The molecule has 0 spiro atoms. The molecule has 0 radical (unpaired) electrons. The zero-order valence-corrected chi connectivity index (χ0v) is 24.0. The van der Waals surface area contributed by atoms with Crippen LogP contribution in [0.15, 0.2) is 0 Å². The fourth-order valence-corrected chi connectivity index (χ4v) is 3.87. The first-order chi connectivity index (χ1) is 17.7. The van der Waals surface area contributed by atoms with Gasteiger partial charge in [0.25, 0.3) is 0 Å². The van der Waals surface area contributed by atoms with Gasteiger partial charge >= 0.3 is 11.9 Å². The quantitative estimate of drug-likeness (QED) is 0.281. The summed E-state index contributed by atoms with van der Waals surface area (Å²) >= 11 is 0. The van der Waals surface area contributed by atoms with Gasteiger partial charge < -0.3 is 24.4 Å². The third-order valence-electron chi connectivity index (χ3n) is 5.56. The lowest BCUT2D eigenvalue weighted by atomic mass is 10.2. The lowest BCUT2D eigenvalue weighted by Crippen LogP contribution is -2.50. The smallest absolute Gasteiger partial charge is 0.320 e. The second kappa shape index (κ2) is 16.5. The number of ether oxygens (including phenoxy) is 2. The Bertz CT molecular complexity index is 779. The lowest BCUT2D eigenvalue weighted by molar-refractivity contribution is -0.158. The Morgan fingerprint density at radius 2 is 1.00 bits per heavy atom. The van der Waals surface area contributed by atoms with Gasteiger partial charge in [0.15, 0.2) is 0 Å². The van der Waals surface area contributed by atoms with Crippen molar-refractivity contribution in [2.75, 3.05) is 85.1 Å². The predicted octanol–water partition coefficient (Wildman–Crippen LogP) is -0.595. The van der Waals surface area contributed by atoms with E-state index < -0.39 is 11.2 Å². The van der Waals surface area contributed by atoms with E-state index in [1.54, 1.807) is 0 Å². The standard InChI is InChI=1S/C26H47N5O7/c1-25(2,3)37-23(35)20-30-11-9-28(16-18-33)8-10-29(19-22(34)27-7-17-32)12-13-31(15-14-30)21-24(36)38-26(4,5)6/h17-18H,7-16,19-21H2,1-6H3,(H,27,34). The van der Waals surface area contributed by atoms with Gasteiger partial charge in [0.2, 0.25) is 5.91 Å². The highest BCUT2D eigenvalue weighted by Gasteiger charge is 2.24. The predicted molar refractivity (Wildman–Crippen MR) is 143 cm³/mol. The molecule has 0 unspecified atom stereocenters. The number of hydrogen-bond donors (Lipinski definition) is 1. The molecule has 1 heterocycles. The third-order valence-corrected chi connectivity index (χ3v) is 5.56. The fraction of sp³-hybridized carbons (Fsp3) is 0.808. The molecule has 0 aromatic heterocycles. The molecule has 0 aromatic rings. The molecule has 1 fully saturated rings. The molecule has 12 heteroatoms. The Balaban J connectivity index is 3.05. The molecular weight excluding hydrogens is 494 g/mol. The van der Waals surface area contributed by atoms with E-state index in [4.69, 9.17) is 9.47 Å². The van der Waals surface area contributed by atoms with Crippen LogP contribution in [0, 0.1) is 0 Å². The van der Waals surface area contributed by atoms with Gasteiger partial charge in [0.1, 0.15) is 23.8 Å². The molecule has 1 saturated heterocycles. The zero-order valence-electron chi connectivity index (χ0n) is 24.0. The van der Waals surface area contributed by atoms with Crippen LogP contribution in [0.4, 0.5) is 0 Å². The Hall–Kier alpha value is -2.41. The van der Waals surface area contributed by atoms with Crippen molar-refractivity contribution in [3.63, 3.8) is 0 Å². The molecular formula is C26H47N5O7. The number of carbonyl (C=O) groups excluding carboxylic acids is 5. The average molecular weight is 542 g/mol. The van der Waals surface area contributed by atoms with Crippen LogP contribution in [0.5, 0.6) is 0 Å². The van der Waals surface area contributed by atoms with Gasteiger partial charge in [-0.05, 0) is 41.5 Å². The number of hydrogen-bond acceptors (Lipinski definition) is 11. The van der Waals surface area contributed by atoms with E-state index >= 15 is 0 Å². The SMILES string of the molecule is CC(C)(C)OC(=O)CN1CCN(CC=O)CCN(CC(=O)NCC=O)CCN(CC(=O)OC(C)(C)C)CC1. The van der Waals surface area contributed by atoms with Crippen LogP contribution >= 0.6 is 0 Å². The Morgan fingerprint density at radius 1 is 0.632 bits per heavy atom. The summed E-state index contributed by atoms with van der Waals surface area (Å²) in [6.07, 6.45) is 1.47. The minimum absolute atomic E-state index is 0.0534. The number of carbonyl (C=O) groups is 5. The van der Waals surface area contributed by atoms with E-state index in [0.29, 0.717) is 58.6 Å². The highest BCUT2D eigenvalue weighted by atomic mass is 16.6. The summed E-state index contributed by atoms with van der Waals surface area (Å²) in [5, 5.41) is 2.55. The van der Waals surface area contributed by atoms with Crippen LogP contribution in [0.3, 0.4) is 0 Å². The molecule has 1 amide bonds. The number of aldehydes is 2. The summed E-state index contributed by atoms with van der Waals surface area (Å²) in [6.45, 7) is 15.4. The lowest BCUT2D eigenvalue weighted by Gasteiger charge is -2.33. The van der Waals surface area contributed by atoms with E-state index in [1.165, 1.54) is 0 Å². The first-order valence-electron chi connectivity index (χ1n) is 13.2. The number of nitrogens with one attached hydrogen (secondary N) is 1. The highest BCUT2D eigenvalue weighted by molar-refractivity contribution is 5.80. The fourth-order valence-electron chi connectivity index (χ4n) is 3.87. The minimum atomic E-state index is -0.614. The highest BCUT2D eigenvalue weighted by Crippen LogP contribution is 2.10. The largest absolute Gasteiger partial charge is 0.459 e. The first-order valence-corrected chi connectivity index (χ1v) is 13.2. The van der Waals surface area contributed by atoms with E-state index in [9.17, 15) is 24.0 Å². The molecule has 0 saturated carbocycles. The minimum Gasteiger partial charge on any atom is -0.459 e. The van der Waals surface area contributed by atoms with E-state index in [0.717, 1.165) is 6.29 Å². The first kappa shape index (κ1) is 33.6. The van der Waals surface area contributed by atoms with Crippen LogP contribution in [0.2, 0.25) is 0 Å². The van der Waals surface area contributed by atoms with Crippen LogP contribution in [-0.4, -0.2) is 146 Å². The Kier molecular flexibility index (Phi) is 14.6. The van der Waals surface area contributed by atoms with Crippen LogP contribution in [0.25, 0.3) is 0 Å². The molecule has 12 nitrogen and oxygen atoms in total. The van der Waals surface area contributed by atoms with Crippen molar-refractivity contribution in [3.05, 3.63) is 0 Å². The molecule has 1 aliphatic heterocycles. The van der Waals surface area contributed by atoms with E-state index in [-0.39, 0.29) is 50.6 Å². The molecule has 0 atom stereocenters. The summed E-state index contributed by atoms with van der Waals surface area (Å²) in [7, 11) is 0. The van der Waals surface area contributed by atoms with Gasteiger partial charge in [0.05, 0.1) is 32.7 Å². The number of esters is 2. The molecule has 218 valence electrons. The number of amides is 1. The molecule has 1 aliphatic rings. The molecule has 0 bridgehead atoms. The zero-order chi connectivity index (χ0) is 28.8. The maximum absolute atomic E-state index is 12.6. The van der Waals surface area contributed by atoms with E-state index in [1.807, 2.05) is 61.1 Å². The van der Waals surface area contributed by atoms with Gasteiger partial charge in [-0.15, -0.1) is 0 Å². The maximum atomic E-state index is 12.6. The molecule has 0 aliphatic carbocycles. The second-order valence-corrected chi connectivity index (χ2v) is 11.4. The number of rotatable bonds is 10. The molecule has 1 rings (SSSR count). The van der Waals surface area contributed by atoms with Crippen molar-refractivity contribution in [2.45, 2.75) is 52.7 Å². The van der Waals surface area contributed by atoms with Gasteiger partial charge in [-0.25, -0.2) is 0 Å². The van der Waals surface area contributed by atoms with Gasteiger partial charge in [-0.1, -0.05) is 0 Å². The monoisotopic (exact) mass is 541 g/mol. The summed E-state index contributed by atoms with van der Waals surface area (Å²) in [5.74, 6) is -0.957. The van der Waals surface area contributed by atoms with E-state index in [2.05, 4.69) is 5.32 Å². The van der Waals surface area contributed by atoms with Crippen molar-refractivity contribution >= 4 is 30.4 Å². The van der Waals surface area contributed by atoms with Crippen molar-refractivity contribution in [1.29, 1.82) is 0 Å². The average Bonchev–Trinajstić information content (AvgIpc) is 2.76. The van der Waals surface area contributed by atoms with Gasteiger partial charge in [-0.3, -0.25) is 34.0 Å². The van der Waals surface area contributed by atoms with Crippen LogP contribution in [-0.2, 0) is 33.4 Å². The molecule has 0 aromatic carbocycles. The third kappa shape index (κ3) is 16.4. The Labute approximate surface area is 226 Å². The molecule has 38 heavy (non-hydrogen) atoms. The summed E-state index contributed by atoms with van der Waals surface area (Å²) in [5.41, 5.74) is -1.21. The van der Waals surface area contributed by atoms with Crippen molar-refractivity contribution < 1.29 is 33.4 Å². The number of nitrogens with zero attached hydrogens (tertiary/aromatic N) is 4. The summed E-state index contributed by atoms with van der Waals surface area (Å²) in [6, 6.07) is 0. The summed E-state index contributed by atoms with van der Waals surface area (Å²) < 4.78 is 11.0.